The average molecular weight is 626 g/mol. The van der Waals surface area contributed by atoms with Crippen molar-refractivity contribution in [2.45, 2.75) is 58.0 Å². The lowest BCUT2D eigenvalue weighted by Gasteiger charge is -2.23. The van der Waals surface area contributed by atoms with Gasteiger partial charge in [-0.2, -0.15) is 0 Å². The molecule has 0 radical (unpaired) electrons. The minimum atomic E-state index is -0.484. The third-order valence-corrected chi connectivity index (χ3v) is 8.90. The van der Waals surface area contributed by atoms with E-state index in [1.807, 2.05) is 30.3 Å². The molecule has 13 heteroatoms. The third-order valence-electron chi connectivity index (χ3n) is 6.99. The highest BCUT2D eigenvalue weighted by atomic mass is 32.1. The van der Waals surface area contributed by atoms with Crippen molar-refractivity contribution in [3.63, 3.8) is 0 Å². The quantitative estimate of drug-likeness (QED) is 0.339. The van der Waals surface area contributed by atoms with Crippen LogP contribution in [0, 0.1) is 5.92 Å². The van der Waals surface area contributed by atoms with Crippen molar-refractivity contribution in [3.8, 4) is 0 Å². The number of fused-ring (bicyclic) bond motifs is 4. The molecule has 0 fully saturated rings. The number of thiazole rings is 2. The summed E-state index contributed by atoms with van der Waals surface area (Å²) >= 11 is 2.64. The second kappa shape index (κ2) is 15.7. The van der Waals surface area contributed by atoms with Crippen LogP contribution in [0.2, 0.25) is 0 Å². The topological polar surface area (TPSA) is 159 Å². The van der Waals surface area contributed by atoms with Gasteiger partial charge in [0.15, 0.2) is 0 Å². The molecule has 0 saturated heterocycles. The summed E-state index contributed by atoms with van der Waals surface area (Å²) in [6, 6.07) is 8.93. The number of hydrogen-bond donors (Lipinski definition) is 4. The molecule has 4 rings (SSSR count). The predicted molar refractivity (Wildman–Crippen MR) is 167 cm³/mol. The first-order valence-electron chi connectivity index (χ1n) is 14.5. The highest BCUT2D eigenvalue weighted by Crippen LogP contribution is 2.27. The Morgan fingerprint density at radius 3 is 2.28 bits per heavy atom. The molecule has 5 N–H and O–H groups in total. The number of benzene rings is 1. The molecule has 4 amide bonds. The Morgan fingerprint density at radius 2 is 1.60 bits per heavy atom. The summed E-state index contributed by atoms with van der Waals surface area (Å²) in [5.74, 6) is -0.748. The van der Waals surface area contributed by atoms with Gasteiger partial charge in [0, 0.05) is 36.8 Å². The van der Waals surface area contributed by atoms with Crippen molar-refractivity contribution in [2.75, 3.05) is 26.2 Å². The summed E-state index contributed by atoms with van der Waals surface area (Å²) in [5, 5.41) is 13.7. The van der Waals surface area contributed by atoms with Gasteiger partial charge in [-0.1, -0.05) is 44.2 Å². The predicted octanol–water partition coefficient (Wildman–Crippen LogP) is 3.22. The zero-order valence-corrected chi connectivity index (χ0v) is 26.1. The number of rotatable bonds is 5. The molecule has 1 aliphatic rings. The fraction of sp³-hybridized carbons (Fsp3) is 0.467. The molecule has 3 aromatic rings. The molecule has 2 aromatic heterocycles. The van der Waals surface area contributed by atoms with Crippen LogP contribution < -0.4 is 21.7 Å². The van der Waals surface area contributed by atoms with Gasteiger partial charge in [-0.15, -0.1) is 22.7 Å². The standard InChI is InChI=1S/C30H39N7O4S2/c1-19(2)14-21-29-36-24(18-43-29)28(41)34-22(15-20-8-4-3-5-9-20)30-35-23(17-42-30)27(40)32-11-7-13-37(26(39)16-31)12-6-10-25(38)33-21/h3-5,8-9,17-19,21-22H,6-7,10-16,31H2,1-2H3,(H,32,40)(H,33,38)(H,34,41)/t21?,22-/m0/s1. The van der Waals surface area contributed by atoms with Gasteiger partial charge in [0.25, 0.3) is 11.8 Å². The van der Waals surface area contributed by atoms with Crippen LogP contribution in [0.4, 0.5) is 0 Å². The molecule has 1 aromatic carbocycles. The summed E-state index contributed by atoms with van der Waals surface area (Å²) in [7, 11) is 0. The van der Waals surface area contributed by atoms with Crippen molar-refractivity contribution >= 4 is 46.3 Å². The number of nitrogens with two attached hydrogens (primary N) is 1. The van der Waals surface area contributed by atoms with Crippen LogP contribution in [0.15, 0.2) is 41.1 Å². The van der Waals surface area contributed by atoms with E-state index in [1.165, 1.54) is 22.7 Å². The molecule has 0 spiro atoms. The molecule has 11 nitrogen and oxygen atoms in total. The second-order valence-electron chi connectivity index (χ2n) is 10.9. The number of carbonyl (C=O) groups excluding carboxylic acids is 4. The van der Waals surface area contributed by atoms with Gasteiger partial charge >= 0.3 is 0 Å². The van der Waals surface area contributed by atoms with Crippen LogP contribution in [0.5, 0.6) is 0 Å². The Morgan fingerprint density at radius 1 is 0.953 bits per heavy atom. The van der Waals surface area contributed by atoms with E-state index in [9.17, 15) is 19.2 Å². The average Bonchev–Trinajstić information content (AvgIpc) is 3.68. The lowest BCUT2D eigenvalue weighted by molar-refractivity contribution is -0.130. The van der Waals surface area contributed by atoms with E-state index in [0.29, 0.717) is 55.3 Å². The zero-order valence-electron chi connectivity index (χ0n) is 24.5. The first-order chi connectivity index (χ1) is 20.7. The first-order valence-corrected chi connectivity index (χ1v) is 16.3. The molecule has 3 heterocycles. The summed E-state index contributed by atoms with van der Waals surface area (Å²) in [4.78, 5) is 62.5. The third kappa shape index (κ3) is 9.40. The summed E-state index contributed by atoms with van der Waals surface area (Å²) in [5.41, 5.74) is 7.16. The smallest absolute Gasteiger partial charge is 0.271 e. The van der Waals surface area contributed by atoms with Crippen molar-refractivity contribution in [1.82, 2.24) is 30.8 Å². The molecule has 4 bridgehead atoms. The van der Waals surface area contributed by atoms with Crippen LogP contribution >= 0.6 is 22.7 Å². The van der Waals surface area contributed by atoms with E-state index in [2.05, 4.69) is 39.8 Å². The van der Waals surface area contributed by atoms with Crippen LogP contribution in [-0.4, -0.2) is 64.7 Å². The Hall–Kier alpha value is -3.68. The van der Waals surface area contributed by atoms with Crippen molar-refractivity contribution in [1.29, 1.82) is 0 Å². The largest absolute Gasteiger partial charge is 0.351 e. The van der Waals surface area contributed by atoms with E-state index >= 15 is 0 Å². The molecule has 0 saturated carbocycles. The van der Waals surface area contributed by atoms with Crippen LogP contribution in [-0.2, 0) is 16.0 Å². The molecule has 2 atom stereocenters. The van der Waals surface area contributed by atoms with Gasteiger partial charge in [-0.3, -0.25) is 19.2 Å². The SMILES string of the molecule is CC(C)CC1NC(=O)CCCN(C(=O)CN)CCCNC(=O)c2csc(n2)[C@H](Cc2ccccc2)NC(=O)c2csc1n2. The maximum absolute atomic E-state index is 13.4. The molecule has 1 aliphatic heterocycles. The van der Waals surface area contributed by atoms with Crippen LogP contribution in [0.1, 0.15) is 88.2 Å². The number of hydrogen-bond acceptors (Lipinski definition) is 9. The number of aromatic nitrogens is 2. The monoisotopic (exact) mass is 625 g/mol. The molecule has 0 aliphatic carbocycles. The zero-order chi connectivity index (χ0) is 30.8. The fourth-order valence-electron chi connectivity index (χ4n) is 4.83. The number of amides is 4. The Balaban J connectivity index is 1.62. The van der Waals surface area contributed by atoms with E-state index in [0.717, 1.165) is 5.56 Å². The Kier molecular flexibility index (Phi) is 11.8. The summed E-state index contributed by atoms with van der Waals surface area (Å²) in [6.45, 7) is 5.14. The molecule has 230 valence electrons. The molecular formula is C30H39N7O4S2. The van der Waals surface area contributed by atoms with E-state index in [1.54, 1.807) is 15.7 Å². The second-order valence-corrected chi connectivity index (χ2v) is 12.7. The highest BCUT2D eigenvalue weighted by molar-refractivity contribution is 7.10. The summed E-state index contributed by atoms with van der Waals surface area (Å²) in [6.07, 6.45) is 2.36. The molecule has 1 unspecified atom stereocenters. The number of carbonyl (C=O) groups is 4. The van der Waals surface area contributed by atoms with Gasteiger partial charge in [0.1, 0.15) is 21.4 Å². The molecule has 43 heavy (non-hydrogen) atoms. The molecular weight excluding hydrogens is 587 g/mol. The minimum absolute atomic E-state index is 0.125. The number of nitrogens with zero attached hydrogens (tertiary/aromatic N) is 3. The van der Waals surface area contributed by atoms with Crippen molar-refractivity contribution < 1.29 is 19.2 Å². The van der Waals surface area contributed by atoms with Crippen LogP contribution in [0.3, 0.4) is 0 Å². The highest BCUT2D eigenvalue weighted by Gasteiger charge is 2.25. The van der Waals surface area contributed by atoms with Gasteiger partial charge in [0.05, 0.1) is 18.6 Å². The normalized spacial score (nSPS) is 19.3. The van der Waals surface area contributed by atoms with Gasteiger partial charge in [-0.05, 0) is 37.2 Å². The van der Waals surface area contributed by atoms with E-state index < -0.39 is 6.04 Å². The van der Waals surface area contributed by atoms with Crippen molar-refractivity contribution in [2.24, 2.45) is 11.7 Å². The lowest BCUT2D eigenvalue weighted by Crippen LogP contribution is -2.39. The maximum atomic E-state index is 13.4. The Labute approximate surface area is 259 Å². The van der Waals surface area contributed by atoms with E-state index in [-0.39, 0.29) is 59.9 Å². The maximum Gasteiger partial charge on any atom is 0.271 e. The fourth-order valence-corrected chi connectivity index (χ4v) is 6.54. The van der Waals surface area contributed by atoms with Crippen LogP contribution in [0.25, 0.3) is 0 Å². The van der Waals surface area contributed by atoms with Crippen molar-refractivity contribution in [3.05, 3.63) is 68.1 Å². The van der Waals surface area contributed by atoms with Gasteiger partial charge < -0.3 is 26.6 Å². The summed E-state index contributed by atoms with van der Waals surface area (Å²) < 4.78 is 0. The Bertz CT molecular complexity index is 1390. The first kappa shape index (κ1) is 32.2. The number of nitrogens with one attached hydrogen (secondary N) is 3. The minimum Gasteiger partial charge on any atom is -0.351 e. The van der Waals surface area contributed by atoms with E-state index in [4.69, 9.17) is 5.73 Å². The van der Waals surface area contributed by atoms with Gasteiger partial charge in [0.2, 0.25) is 11.8 Å². The van der Waals surface area contributed by atoms with Gasteiger partial charge in [-0.25, -0.2) is 9.97 Å². The lowest BCUT2D eigenvalue weighted by atomic mass is 10.0.